The van der Waals surface area contributed by atoms with E-state index >= 15 is 0 Å². The van der Waals surface area contributed by atoms with E-state index in [9.17, 15) is 14.7 Å². The number of benzene rings is 2. The Bertz CT molecular complexity index is 816. The number of carboxylic acid groups (broad SMARTS) is 1. The fraction of sp³-hybridized carbons (Fsp3) is 0.391. The molecule has 1 atom stereocenters. The van der Waals surface area contributed by atoms with Crippen LogP contribution < -0.4 is 5.32 Å². The summed E-state index contributed by atoms with van der Waals surface area (Å²) in [6.45, 7) is 6.39. The van der Waals surface area contributed by atoms with E-state index < -0.39 is 18.1 Å². The molecule has 0 aliphatic carbocycles. The summed E-state index contributed by atoms with van der Waals surface area (Å²) in [7, 11) is 0. The first-order valence-electron chi connectivity index (χ1n) is 9.75. The average Bonchev–Trinajstić information content (AvgIpc) is 2.71. The first-order chi connectivity index (χ1) is 14.2. The zero-order chi connectivity index (χ0) is 22.0. The Morgan fingerprint density at radius 2 is 1.63 bits per heavy atom. The lowest BCUT2D eigenvalue weighted by Crippen LogP contribution is -2.43. The molecule has 162 valence electrons. The zero-order valence-electron chi connectivity index (χ0n) is 17.6. The van der Waals surface area contributed by atoms with Crippen LogP contribution in [0.1, 0.15) is 42.3 Å². The molecule has 0 radical (unpaired) electrons. The van der Waals surface area contributed by atoms with Crippen LogP contribution in [0.25, 0.3) is 0 Å². The monoisotopic (exact) mass is 415 g/mol. The summed E-state index contributed by atoms with van der Waals surface area (Å²) < 4.78 is 16.7. The van der Waals surface area contributed by atoms with Crippen molar-refractivity contribution >= 4 is 12.1 Å². The summed E-state index contributed by atoms with van der Waals surface area (Å²) in [4.78, 5) is 23.5. The van der Waals surface area contributed by atoms with Crippen molar-refractivity contribution in [2.45, 2.75) is 45.6 Å². The predicted octanol–water partition coefficient (Wildman–Crippen LogP) is 4.01. The third kappa shape index (κ3) is 8.63. The minimum Gasteiger partial charge on any atom is -0.478 e. The van der Waals surface area contributed by atoms with Gasteiger partial charge in [-0.1, -0.05) is 48.5 Å². The van der Waals surface area contributed by atoms with Gasteiger partial charge in [0.1, 0.15) is 6.61 Å². The number of hydrogen-bond donors (Lipinski definition) is 2. The minimum atomic E-state index is -1.01. The van der Waals surface area contributed by atoms with Crippen LogP contribution in [0.4, 0.5) is 4.79 Å². The lowest BCUT2D eigenvalue weighted by atomic mass is 10.1. The molecular weight excluding hydrogens is 386 g/mol. The topological polar surface area (TPSA) is 94.1 Å². The number of carboxylic acids is 1. The summed E-state index contributed by atoms with van der Waals surface area (Å²) in [6, 6.07) is 15.6. The molecule has 0 saturated carbocycles. The Balaban J connectivity index is 1.90. The van der Waals surface area contributed by atoms with E-state index in [0.717, 1.165) is 5.56 Å². The number of rotatable bonds is 10. The molecule has 7 nitrogen and oxygen atoms in total. The van der Waals surface area contributed by atoms with Gasteiger partial charge in [0.05, 0.1) is 37.0 Å². The Kier molecular flexibility index (Phi) is 8.83. The van der Waals surface area contributed by atoms with Gasteiger partial charge in [0.15, 0.2) is 0 Å². The molecule has 1 amide bonds. The third-order valence-corrected chi connectivity index (χ3v) is 4.08. The lowest BCUT2D eigenvalue weighted by molar-refractivity contribution is -0.0297. The van der Waals surface area contributed by atoms with E-state index in [1.54, 1.807) is 18.2 Å². The molecule has 0 fully saturated rings. The minimum absolute atomic E-state index is 0.106. The van der Waals surface area contributed by atoms with Crippen LogP contribution >= 0.6 is 0 Å². The highest BCUT2D eigenvalue weighted by Crippen LogP contribution is 2.12. The summed E-state index contributed by atoms with van der Waals surface area (Å²) in [5.41, 5.74) is 1.25. The van der Waals surface area contributed by atoms with Crippen molar-refractivity contribution in [2.24, 2.45) is 0 Å². The number of amides is 1. The van der Waals surface area contributed by atoms with Crippen molar-refractivity contribution in [1.29, 1.82) is 0 Å². The van der Waals surface area contributed by atoms with E-state index in [-0.39, 0.29) is 37.6 Å². The predicted molar refractivity (Wildman–Crippen MR) is 112 cm³/mol. The highest BCUT2D eigenvalue weighted by atomic mass is 16.6. The Hall–Kier alpha value is -2.90. The summed E-state index contributed by atoms with van der Waals surface area (Å²) in [6.07, 6.45) is -0.573. The average molecular weight is 415 g/mol. The van der Waals surface area contributed by atoms with Gasteiger partial charge in [0.2, 0.25) is 0 Å². The standard InChI is InChI=1S/C23H29NO6/c1-23(2,3)30-16-19(24-22(27)29-13-17-9-5-4-6-10-17)15-28-14-18-11-7-8-12-20(18)21(25)26/h4-12,19H,13-16H2,1-3H3,(H,24,27)(H,25,26). The maximum atomic E-state index is 12.2. The highest BCUT2D eigenvalue weighted by Gasteiger charge is 2.19. The zero-order valence-corrected chi connectivity index (χ0v) is 17.6. The van der Waals surface area contributed by atoms with Gasteiger partial charge in [-0.25, -0.2) is 9.59 Å². The summed E-state index contributed by atoms with van der Waals surface area (Å²) >= 11 is 0. The van der Waals surface area contributed by atoms with Crippen molar-refractivity contribution in [3.63, 3.8) is 0 Å². The Morgan fingerprint density at radius 1 is 0.967 bits per heavy atom. The van der Waals surface area contributed by atoms with Crippen LogP contribution in [0.15, 0.2) is 54.6 Å². The van der Waals surface area contributed by atoms with E-state index in [2.05, 4.69) is 5.32 Å². The van der Waals surface area contributed by atoms with Gasteiger partial charge in [-0.15, -0.1) is 0 Å². The third-order valence-electron chi connectivity index (χ3n) is 4.08. The molecule has 0 aliphatic heterocycles. The van der Waals surface area contributed by atoms with Gasteiger partial charge < -0.3 is 24.6 Å². The van der Waals surface area contributed by atoms with E-state index in [1.165, 1.54) is 6.07 Å². The summed E-state index contributed by atoms with van der Waals surface area (Å²) in [5, 5.41) is 12.0. The van der Waals surface area contributed by atoms with Gasteiger partial charge >= 0.3 is 12.1 Å². The first-order valence-corrected chi connectivity index (χ1v) is 9.75. The van der Waals surface area contributed by atoms with Crippen LogP contribution in [0.5, 0.6) is 0 Å². The number of ether oxygens (including phenoxy) is 3. The molecule has 0 bridgehead atoms. The second-order valence-corrected chi connectivity index (χ2v) is 7.80. The first kappa shape index (κ1) is 23.4. The second kappa shape index (κ2) is 11.3. The molecule has 30 heavy (non-hydrogen) atoms. The molecule has 1 unspecified atom stereocenters. The lowest BCUT2D eigenvalue weighted by Gasteiger charge is -2.25. The number of nitrogens with one attached hydrogen (secondary N) is 1. The van der Waals surface area contributed by atoms with E-state index in [1.807, 2.05) is 51.1 Å². The molecule has 7 heteroatoms. The maximum Gasteiger partial charge on any atom is 0.407 e. The van der Waals surface area contributed by atoms with Gasteiger partial charge in [0, 0.05) is 0 Å². The highest BCUT2D eigenvalue weighted by molar-refractivity contribution is 5.89. The molecule has 0 aromatic heterocycles. The maximum absolute atomic E-state index is 12.2. The van der Waals surface area contributed by atoms with Crippen LogP contribution in [-0.2, 0) is 27.4 Å². The van der Waals surface area contributed by atoms with Gasteiger partial charge in [-0.3, -0.25) is 0 Å². The number of aromatic carboxylic acids is 1. The Labute approximate surface area is 177 Å². The van der Waals surface area contributed by atoms with Crippen molar-refractivity contribution in [1.82, 2.24) is 5.32 Å². The quantitative estimate of drug-likeness (QED) is 0.609. The molecule has 0 saturated heterocycles. The van der Waals surface area contributed by atoms with E-state index in [4.69, 9.17) is 14.2 Å². The largest absolute Gasteiger partial charge is 0.478 e. The number of carbonyl (C=O) groups excluding carboxylic acids is 1. The summed E-state index contributed by atoms with van der Waals surface area (Å²) in [5.74, 6) is -1.01. The van der Waals surface area contributed by atoms with Crippen LogP contribution in [0, 0.1) is 0 Å². The number of hydrogen-bond acceptors (Lipinski definition) is 5. The van der Waals surface area contributed by atoms with Crippen molar-refractivity contribution in [3.05, 3.63) is 71.3 Å². The molecule has 2 aromatic carbocycles. The van der Waals surface area contributed by atoms with Crippen molar-refractivity contribution in [3.8, 4) is 0 Å². The SMILES string of the molecule is CC(C)(C)OCC(COCc1ccccc1C(=O)O)NC(=O)OCc1ccccc1. The van der Waals surface area contributed by atoms with Crippen molar-refractivity contribution < 1.29 is 28.9 Å². The molecule has 2 aromatic rings. The fourth-order valence-electron chi connectivity index (χ4n) is 2.58. The smallest absolute Gasteiger partial charge is 0.407 e. The normalized spacial score (nSPS) is 12.2. The molecule has 0 heterocycles. The van der Waals surface area contributed by atoms with E-state index in [0.29, 0.717) is 5.56 Å². The van der Waals surface area contributed by atoms with Gasteiger partial charge in [-0.05, 0) is 38.0 Å². The van der Waals surface area contributed by atoms with Crippen LogP contribution in [0.2, 0.25) is 0 Å². The number of alkyl carbamates (subject to hydrolysis) is 1. The fourth-order valence-corrected chi connectivity index (χ4v) is 2.58. The van der Waals surface area contributed by atoms with Crippen LogP contribution in [0.3, 0.4) is 0 Å². The second-order valence-electron chi connectivity index (χ2n) is 7.80. The van der Waals surface area contributed by atoms with Crippen molar-refractivity contribution in [2.75, 3.05) is 13.2 Å². The molecule has 2 N–H and O–H groups in total. The number of carbonyl (C=O) groups is 2. The molecule has 2 rings (SSSR count). The molecule has 0 aliphatic rings. The van der Waals surface area contributed by atoms with Gasteiger partial charge in [-0.2, -0.15) is 0 Å². The molecule has 0 spiro atoms. The Morgan fingerprint density at radius 3 is 2.30 bits per heavy atom. The molecular formula is C23H29NO6. The van der Waals surface area contributed by atoms with Crippen LogP contribution in [-0.4, -0.2) is 42.0 Å². The van der Waals surface area contributed by atoms with Gasteiger partial charge in [0.25, 0.3) is 0 Å².